The molecule has 0 aliphatic carbocycles. The summed E-state index contributed by atoms with van der Waals surface area (Å²) in [6, 6.07) is 14.7. The van der Waals surface area contributed by atoms with E-state index in [-0.39, 0.29) is 12.5 Å². The quantitative estimate of drug-likeness (QED) is 0.551. The van der Waals surface area contributed by atoms with Crippen molar-refractivity contribution in [2.24, 2.45) is 0 Å². The minimum atomic E-state index is -0.468. The summed E-state index contributed by atoms with van der Waals surface area (Å²) in [5.41, 5.74) is 1.47. The number of carbonyl (C=O) groups is 1. The summed E-state index contributed by atoms with van der Waals surface area (Å²) in [4.78, 5) is 24.6. The number of methoxy groups -OCH3 is 1. The lowest BCUT2D eigenvalue weighted by atomic mass is 10.2. The molecule has 0 saturated heterocycles. The predicted molar refractivity (Wildman–Crippen MR) is 101 cm³/mol. The Morgan fingerprint density at radius 2 is 1.93 bits per heavy atom. The van der Waals surface area contributed by atoms with Gasteiger partial charge in [-0.2, -0.15) is 5.10 Å². The number of hydrogen-bond acceptors (Lipinski definition) is 5. The molecule has 0 radical (unpaired) electrons. The molecule has 2 aromatic heterocycles. The highest BCUT2D eigenvalue weighted by atomic mass is 16.5. The van der Waals surface area contributed by atoms with Crippen LogP contribution in [0.2, 0.25) is 0 Å². The summed E-state index contributed by atoms with van der Waals surface area (Å²) in [5, 5.41) is 8.16. The van der Waals surface area contributed by atoms with Crippen LogP contribution in [0.4, 0.5) is 0 Å². The van der Waals surface area contributed by atoms with Crippen LogP contribution in [0.3, 0.4) is 0 Å². The maximum atomic E-state index is 12.4. The van der Waals surface area contributed by atoms with Crippen LogP contribution in [0.1, 0.15) is 5.56 Å². The molecule has 4 aromatic rings. The standard InChI is InChI=1S/C20H17N3O4/c1-26-16-8-4-2-6-13(16)10-21-18(24)12-23-19-14-7-3-5-9-17(14)27-20(25)15(19)11-22-23/h2-9,11H,10,12H2,1H3,(H,21,24). The molecule has 7 nitrogen and oxygen atoms in total. The molecule has 2 aromatic carbocycles. The van der Waals surface area contributed by atoms with Gasteiger partial charge in [0.25, 0.3) is 0 Å². The van der Waals surface area contributed by atoms with Gasteiger partial charge in [-0.25, -0.2) is 4.79 Å². The van der Waals surface area contributed by atoms with Gasteiger partial charge in [0.05, 0.1) is 18.8 Å². The van der Waals surface area contributed by atoms with Gasteiger partial charge < -0.3 is 14.5 Å². The Balaban J connectivity index is 1.60. The Morgan fingerprint density at radius 3 is 2.78 bits per heavy atom. The fourth-order valence-electron chi connectivity index (χ4n) is 3.08. The Hall–Kier alpha value is -3.61. The third-order valence-electron chi connectivity index (χ3n) is 4.37. The van der Waals surface area contributed by atoms with Crippen molar-refractivity contribution >= 4 is 27.8 Å². The highest BCUT2D eigenvalue weighted by Gasteiger charge is 2.15. The van der Waals surface area contributed by atoms with Crippen molar-refractivity contribution in [2.75, 3.05) is 7.11 Å². The number of para-hydroxylation sites is 2. The van der Waals surface area contributed by atoms with Crippen LogP contribution in [0.25, 0.3) is 21.9 Å². The largest absolute Gasteiger partial charge is 0.496 e. The normalized spacial score (nSPS) is 11.0. The lowest BCUT2D eigenvalue weighted by Gasteiger charge is -2.10. The zero-order chi connectivity index (χ0) is 18.8. The van der Waals surface area contributed by atoms with E-state index in [1.54, 1.807) is 19.2 Å². The van der Waals surface area contributed by atoms with Crippen molar-refractivity contribution in [3.8, 4) is 5.75 Å². The number of carbonyl (C=O) groups excluding carboxylic acids is 1. The van der Waals surface area contributed by atoms with Crippen LogP contribution in [0.5, 0.6) is 5.75 Å². The van der Waals surface area contributed by atoms with Crippen molar-refractivity contribution in [1.82, 2.24) is 15.1 Å². The van der Waals surface area contributed by atoms with Crippen LogP contribution in [0.15, 0.2) is 63.9 Å². The molecule has 0 aliphatic rings. The predicted octanol–water partition coefficient (Wildman–Crippen LogP) is 2.47. The highest BCUT2D eigenvalue weighted by molar-refractivity contribution is 6.02. The molecule has 1 amide bonds. The molecule has 4 rings (SSSR count). The number of hydrogen-bond donors (Lipinski definition) is 1. The Bertz CT molecular complexity index is 1190. The first-order valence-electron chi connectivity index (χ1n) is 8.43. The van der Waals surface area contributed by atoms with E-state index >= 15 is 0 Å². The zero-order valence-electron chi connectivity index (χ0n) is 14.6. The highest BCUT2D eigenvalue weighted by Crippen LogP contribution is 2.22. The van der Waals surface area contributed by atoms with Gasteiger partial charge in [0, 0.05) is 17.5 Å². The van der Waals surface area contributed by atoms with Gasteiger partial charge in [-0.3, -0.25) is 9.48 Å². The lowest BCUT2D eigenvalue weighted by molar-refractivity contribution is -0.121. The first-order chi connectivity index (χ1) is 13.2. The van der Waals surface area contributed by atoms with Crippen LogP contribution in [0, 0.1) is 0 Å². The van der Waals surface area contributed by atoms with Gasteiger partial charge in [-0.15, -0.1) is 0 Å². The van der Waals surface area contributed by atoms with Gasteiger partial charge in [0.1, 0.15) is 23.3 Å². The number of nitrogens with zero attached hydrogens (tertiary/aromatic N) is 2. The number of fused-ring (bicyclic) bond motifs is 3. The van der Waals surface area contributed by atoms with E-state index in [1.165, 1.54) is 10.9 Å². The number of aromatic nitrogens is 2. The fourth-order valence-corrected chi connectivity index (χ4v) is 3.08. The molecule has 0 spiro atoms. The van der Waals surface area contributed by atoms with Crippen molar-refractivity contribution < 1.29 is 13.9 Å². The third kappa shape index (κ3) is 3.15. The maximum Gasteiger partial charge on any atom is 0.347 e. The van der Waals surface area contributed by atoms with E-state index in [0.29, 0.717) is 28.8 Å². The minimum absolute atomic E-state index is 0.00784. The second-order valence-corrected chi connectivity index (χ2v) is 6.04. The van der Waals surface area contributed by atoms with E-state index in [0.717, 1.165) is 10.9 Å². The zero-order valence-corrected chi connectivity index (χ0v) is 14.6. The molecule has 0 unspecified atom stereocenters. The van der Waals surface area contributed by atoms with E-state index in [4.69, 9.17) is 9.15 Å². The summed E-state index contributed by atoms with van der Waals surface area (Å²) >= 11 is 0. The monoisotopic (exact) mass is 363 g/mol. The van der Waals surface area contributed by atoms with E-state index in [9.17, 15) is 9.59 Å². The molecule has 7 heteroatoms. The average Bonchev–Trinajstić information content (AvgIpc) is 3.11. The SMILES string of the molecule is COc1ccccc1CNC(=O)Cn1ncc2c(=O)oc3ccccc3c21. The maximum absolute atomic E-state index is 12.4. The first-order valence-corrected chi connectivity index (χ1v) is 8.43. The summed E-state index contributed by atoms with van der Waals surface area (Å²) < 4.78 is 12.1. The number of nitrogens with one attached hydrogen (secondary N) is 1. The topological polar surface area (TPSA) is 86.4 Å². The Morgan fingerprint density at radius 1 is 1.15 bits per heavy atom. The first kappa shape index (κ1) is 16.8. The molecule has 0 aliphatic heterocycles. The van der Waals surface area contributed by atoms with Crippen LogP contribution in [-0.2, 0) is 17.9 Å². The molecule has 0 bridgehead atoms. The third-order valence-corrected chi connectivity index (χ3v) is 4.37. The average molecular weight is 363 g/mol. The summed E-state index contributed by atoms with van der Waals surface area (Å²) in [7, 11) is 1.59. The summed E-state index contributed by atoms with van der Waals surface area (Å²) in [6.45, 7) is 0.330. The van der Waals surface area contributed by atoms with Crippen LogP contribution < -0.4 is 15.7 Å². The van der Waals surface area contributed by atoms with E-state index in [2.05, 4.69) is 10.4 Å². The van der Waals surface area contributed by atoms with Gasteiger partial charge in [-0.1, -0.05) is 30.3 Å². The number of ether oxygens (including phenoxy) is 1. The molecule has 0 atom stereocenters. The number of amides is 1. The second-order valence-electron chi connectivity index (χ2n) is 6.04. The number of rotatable bonds is 5. The van der Waals surface area contributed by atoms with Crippen molar-refractivity contribution in [3.05, 3.63) is 70.7 Å². The molecular formula is C20H17N3O4. The Labute approximate surface area is 154 Å². The van der Waals surface area contributed by atoms with Crippen molar-refractivity contribution in [2.45, 2.75) is 13.1 Å². The summed E-state index contributed by atoms with van der Waals surface area (Å²) in [5.74, 6) is 0.495. The second kappa shape index (κ2) is 6.95. The van der Waals surface area contributed by atoms with Crippen molar-refractivity contribution in [1.29, 1.82) is 0 Å². The van der Waals surface area contributed by atoms with Crippen LogP contribution >= 0.6 is 0 Å². The molecule has 27 heavy (non-hydrogen) atoms. The summed E-state index contributed by atoms with van der Waals surface area (Å²) in [6.07, 6.45) is 1.43. The van der Waals surface area contributed by atoms with Crippen LogP contribution in [-0.4, -0.2) is 22.8 Å². The van der Waals surface area contributed by atoms with Crippen molar-refractivity contribution in [3.63, 3.8) is 0 Å². The molecule has 0 fully saturated rings. The fraction of sp³-hybridized carbons (Fsp3) is 0.150. The van der Waals surface area contributed by atoms with E-state index < -0.39 is 5.63 Å². The molecule has 1 N–H and O–H groups in total. The van der Waals surface area contributed by atoms with Gasteiger partial charge in [-0.05, 0) is 18.2 Å². The van der Waals surface area contributed by atoms with E-state index in [1.807, 2.05) is 36.4 Å². The van der Waals surface area contributed by atoms with Gasteiger partial charge in [0.15, 0.2) is 0 Å². The molecule has 136 valence electrons. The molecule has 0 saturated carbocycles. The smallest absolute Gasteiger partial charge is 0.347 e. The van der Waals surface area contributed by atoms with Gasteiger partial charge in [0.2, 0.25) is 5.91 Å². The lowest BCUT2D eigenvalue weighted by Crippen LogP contribution is -2.27. The molecular weight excluding hydrogens is 346 g/mol. The van der Waals surface area contributed by atoms with Gasteiger partial charge >= 0.3 is 5.63 Å². The Kier molecular flexibility index (Phi) is 4.33. The molecule has 2 heterocycles. The minimum Gasteiger partial charge on any atom is -0.496 e. The number of benzene rings is 2.